The predicted octanol–water partition coefficient (Wildman–Crippen LogP) is 2.24. The molecule has 0 radical (unpaired) electrons. The molecule has 1 amide bonds. The average Bonchev–Trinajstić information content (AvgIpc) is 2.63. The van der Waals surface area contributed by atoms with Gasteiger partial charge in [-0.3, -0.25) is 4.79 Å². The van der Waals surface area contributed by atoms with Crippen LogP contribution in [0.25, 0.3) is 0 Å². The molecule has 0 aliphatic rings. The second-order valence-corrected chi connectivity index (χ2v) is 9.13. The molecule has 6 nitrogen and oxygen atoms in total. The molecule has 0 aliphatic heterocycles. The first-order chi connectivity index (χ1) is 12.6. The maximum atomic E-state index is 12.5. The number of hydrogen-bond acceptors (Lipinski definition) is 3. The van der Waals surface area contributed by atoms with E-state index in [0.29, 0.717) is 5.69 Å². The van der Waals surface area contributed by atoms with E-state index in [0.717, 1.165) is 9.87 Å². The number of halogens is 1. The zero-order chi connectivity index (χ0) is 20.2. The lowest BCUT2D eigenvalue weighted by molar-refractivity contribution is -0.709. The lowest BCUT2D eigenvalue weighted by atomic mass is 10.1. The molecule has 0 aliphatic carbocycles. The molecule has 0 unspecified atom stereocenters. The van der Waals surface area contributed by atoms with Gasteiger partial charge in [0.2, 0.25) is 10.0 Å². The highest BCUT2D eigenvalue weighted by Crippen LogP contribution is 2.26. The Morgan fingerprint density at radius 3 is 2.33 bits per heavy atom. The highest BCUT2D eigenvalue weighted by Gasteiger charge is 2.23. The maximum absolute atomic E-state index is 12.5. The molecule has 0 spiro atoms. The second-order valence-electron chi connectivity index (χ2n) is 6.60. The van der Waals surface area contributed by atoms with Crippen LogP contribution in [0.15, 0.2) is 53.4 Å². The molecule has 3 N–H and O–H groups in total. The summed E-state index contributed by atoms with van der Waals surface area (Å²) in [6.45, 7) is 3.84. The summed E-state index contributed by atoms with van der Waals surface area (Å²) in [6.07, 6.45) is 0. The molecule has 2 rings (SSSR count). The van der Waals surface area contributed by atoms with E-state index in [2.05, 4.69) is 5.32 Å². The van der Waals surface area contributed by atoms with Crippen LogP contribution in [-0.2, 0) is 14.8 Å². The first-order valence-corrected chi connectivity index (χ1v) is 10.4. The van der Waals surface area contributed by atoms with E-state index < -0.39 is 10.0 Å². The Balaban J connectivity index is 2.11. The van der Waals surface area contributed by atoms with Crippen LogP contribution in [0.2, 0.25) is 5.02 Å². The van der Waals surface area contributed by atoms with Crippen molar-refractivity contribution in [2.75, 3.05) is 19.4 Å². The SMILES string of the molecule is C[C@H]([NH2+][C@@H](C)c1ccccc1)C(=O)Nc1ccc(Cl)c(S(=O)(=O)N(C)C)c1. The van der Waals surface area contributed by atoms with E-state index in [4.69, 9.17) is 11.6 Å². The zero-order valence-corrected chi connectivity index (χ0v) is 17.4. The van der Waals surface area contributed by atoms with Crippen molar-refractivity contribution in [1.29, 1.82) is 0 Å². The number of anilines is 1. The van der Waals surface area contributed by atoms with Crippen molar-refractivity contribution < 1.29 is 18.5 Å². The van der Waals surface area contributed by atoms with Gasteiger partial charge in [0.25, 0.3) is 5.91 Å². The van der Waals surface area contributed by atoms with Gasteiger partial charge in [-0.05, 0) is 32.0 Å². The normalized spacial score (nSPS) is 14.0. The van der Waals surface area contributed by atoms with Crippen LogP contribution >= 0.6 is 11.6 Å². The van der Waals surface area contributed by atoms with E-state index in [9.17, 15) is 13.2 Å². The van der Waals surface area contributed by atoms with Crippen LogP contribution in [0.1, 0.15) is 25.5 Å². The smallest absolute Gasteiger partial charge is 0.282 e. The van der Waals surface area contributed by atoms with Gasteiger partial charge in [0.1, 0.15) is 10.9 Å². The molecule has 0 fully saturated rings. The molecule has 2 atom stereocenters. The molecule has 0 aromatic heterocycles. The second kappa shape index (κ2) is 8.84. The van der Waals surface area contributed by atoms with Crippen molar-refractivity contribution in [2.45, 2.75) is 30.8 Å². The molecule has 2 aromatic rings. The van der Waals surface area contributed by atoms with E-state index >= 15 is 0 Å². The number of nitrogens with one attached hydrogen (secondary N) is 1. The summed E-state index contributed by atoms with van der Waals surface area (Å²) >= 11 is 6.04. The van der Waals surface area contributed by atoms with Crippen molar-refractivity contribution in [3.63, 3.8) is 0 Å². The molecular weight excluding hydrogens is 386 g/mol. The average molecular weight is 411 g/mol. The number of carbonyl (C=O) groups excluding carboxylic acids is 1. The number of nitrogens with two attached hydrogens (primary N) is 1. The number of amides is 1. The molecule has 8 heteroatoms. The van der Waals surface area contributed by atoms with Gasteiger partial charge < -0.3 is 10.6 Å². The van der Waals surface area contributed by atoms with Gasteiger partial charge >= 0.3 is 0 Å². The highest BCUT2D eigenvalue weighted by atomic mass is 35.5. The lowest BCUT2D eigenvalue weighted by Crippen LogP contribution is -2.91. The number of sulfonamides is 1. The van der Waals surface area contributed by atoms with E-state index in [1.165, 1.54) is 26.2 Å². The van der Waals surface area contributed by atoms with Crippen LogP contribution in [0, 0.1) is 0 Å². The number of nitrogens with zero attached hydrogens (tertiary/aromatic N) is 1. The summed E-state index contributed by atoms with van der Waals surface area (Å²) in [5.74, 6) is -0.215. The number of benzene rings is 2. The van der Waals surface area contributed by atoms with Crippen molar-refractivity contribution in [3.05, 3.63) is 59.1 Å². The third-order valence-corrected chi connectivity index (χ3v) is 6.57. The maximum Gasteiger partial charge on any atom is 0.282 e. The molecule has 2 aromatic carbocycles. The Morgan fingerprint density at radius 2 is 1.74 bits per heavy atom. The van der Waals surface area contributed by atoms with E-state index in [1.807, 2.05) is 49.5 Å². The Bertz CT molecular complexity index is 902. The van der Waals surface area contributed by atoms with Gasteiger partial charge in [-0.15, -0.1) is 0 Å². The van der Waals surface area contributed by atoms with Gasteiger partial charge in [0.15, 0.2) is 6.04 Å². The summed E-state index contributed by atoms with van der Waals surface area (Å²) in [5, 5.41) is 4.83. The third-order valence-electron chi connectivity index (χ3n) is 4.27. The van der Waals surface area contributed by atoms with Crippen LogP contribution in [-0.4, -0.2) is 38.8 Å². The van der Waals surface area contributed by atoms with E-state index in [-0.39, 0.29) is 27.9 Å². The molecule has 0 saturated heterocycles. The van der Waals surface area contributed by atoms with Crippen LogP contribution in [0.5, 0.6) is 0 Å². The van der Waals surface area contributed by atoms with Gasteiger partial charge in [0.05, 0.1) is 5.02 Å². The van der Waals surface area contributed by atoms with E-state index in [1.54, 1.807) is 6.07 Å². The molecule has 0 heterocycles. The Morgan fingerprint density at radius 1 is 1.11 bits per heavy atom. The molecule has 146 valence electrons. The van der Waals surface area contributed by atoms with Crippen LogP contribution < -0.4 is 10.6 Å². The fraction of sp³-hybridized carbons (Fsp3) is 0.316. The summed E-state index contributed by atoms with van der Waals surface area (Å²) in [6, 6.07) is 14.1. The molecule has 27 heavy (non-hydrogen) atoms. The van der Waals surface area contributed by atoms with Crippen molar-refractivity contribution in [1.82, 2.24) is 4.31 Å². The largest absolute Gasteiger partial charge is 0.330 e. The fourth-order valence-corrected chi connectivity index (χ4v) is 4.01. The monoisotopic (exact) mass is 410 g/mol. The Labute approximate surface area is 165 Å². The first kappa shape index (κ1) is 21.4. The molecule has 0 saturated carbocycles. The third kappa shape index (κ3) is 5.29. The van der Waals surface area contributed by atoms with Gasteiger partial charge in [0, 0.05) is 25.3 Å². The minimum absolute atomic E-state index is 0.0405. The Hall–Kier alpha value is -1.93. The Kier molecular flexibility index (Phi) is 7.00. The number of quaternary nitrogens is 1. The summed E-state index contributed by atoms with van der Waals surface area (Å²) in [4.78, 5) is 12.5. The molecule has 0 bridgehead atoms. The van der Waals surface area contributed by atoms with Crippen molar-refractivity contribution in [3.8, 4) is 0 Å². The van der Waals surface area contributed by atoms with Crippen LogP contribution in [0.4, 0.5) is 5.69 Å². The standard InChI is InChI=1S/C19H24ClN3O3S/c1-13(15-8-6-5-7-9-15)21-14(2)19(24)22-16-10-11-17(20)18(12-16)27(25,26)23(3)4/h5-14,21H,1-4H3,(H,22,24)/p+1/t13-,14-/m0/s1. The summed E-state index contributed by atoms with van der Waals surface area (Å²) in [5.41, 5.74) is 1.51. The molecular formula is C19H25ClN3O3S+. The topological polar surface area (TPSA) is 83.1 Å². The van der Waals surface area contributed by atoms with Crippen molar-refractivity contribution >= 4 is 33.2 Å². The van der Waals surface area contributed by atoms with Crippen LogP contribution in [0.3, 0.4) is 0 Å². The fourth-order valence-electron chi connectivity index (χ4n) is 2.62. The highest BCUT2D eigenvalue weighted by molar-refractivity contribution is 7.89. The van der Waals surface area contributed by atoms with Crippen molar-refractivity contribution in [2.24, 2.45) is 0 Å². The minimum atomic E-state index is -3.70. The lowest BCUT2D eigenvalue weighted by Gasteiger charge is -2.18. The van der Waals surface area contributed by atoms with Gasteiger partial charge in [-0.25, -0.2) is 12.7 Å². The first-order valence-electron chi connectivity index (χ1n) is 8.56. The number of hydrogen-bond donors (Lipinski definition) is 2. The summed E-state index contributed by atoms with van der Waals surface area (Å²) in [7, 11) is -0.840. The minimum Gasteiger partial charge on any atom is -0.330 e. The van der Waals surface area contributed by atoms with Gasteiger partial charge in [-0.2, -0.15) is 0 Å². The number of rotatable bonds is 7. The summed E-state index contributed by atoms with van der Waals surface area (Å²) < 4.78 is 25.8. The quantitative estimate of drug-likeness (QED) is 0.734. The van der Waals surface area contributed by atoms with Gasteiger partial charge in [-0.1, -0.05) is 41.9 Å². The zero-order valence-electron chi connectivity index (χ0n) is 15.8. The number of carbonyl (C=O) groups is 1. The predicted molar refractivity (Wildman–Crippen MR) is 107 cm³/mol.